The van der Waals surface area contributed by atoms with E-state index in [1.54, 1.807) is 0 Å². The second-order valence-corrected chi connectivity index (χ2v) is 4.98. The first-order chi connectivity index (χ1) is 7.72. The first kappa shape index (κ1) is 11.8. The highest BCUT2D eigenvalue weighted by Crippen LogP contribution is 2.24. The smallest absolute Gasteiger partial charge is 0.205 e. The van der Waals surface area contributed by atoms with Crippen LogP contribution in [0, 0.1) is 0 Å². The van der Waals surface area contributed by atoms with Crippen LogP contribution in [0.15, 0.2) is 0 Å². The number of anilines is 1. The lowest BCUT2D eigenvalue weighted by molar-refractivity contribution is 0.0962. The van der Waals surface area contributed by atoms with Crippen molar-refractivity contribution >= 4 is 16.7 Å². The summed E-state index contributed by atoms with van der Waals surface area (Å²) in [5.74, 6) is 1.30. The summed E-state index contributed by atoms with van der Waals surface area (Å²) >= 11 is 1.46. The maximum atomic E-state index is 5.73. The maximum absolute atomic E-state index is 5.73. The van der Waals surface area contributed by atoms with Crippen molar-refractivity contribution in [3.05, 3.63) is 5.82 Å². The minimum Gasteiger partial charge on any atom is -0.377 e. The summed E-state index contributed by atoms with van der Waals surface area (Å²) < 4.78 is 9.78. The lowest BCUT2D eigenvalue weighted by atomic mass is 10.2. The zero-order valence-electron chi connectivity index (χ0n) is 9.72. The number of aromatic nitrogens is 2. The van der Waals surface area contributed by atoms with E-state index in [9.17, 15) is 0 Å². The first-order valence-corrected chi connectivity index (χ1v) is 6.37. The SMILES string of the molecule is CC(C)c1nsc(N2CCOCC2CN)n1. The fourth-order valence-corrected chi connectivity index (χ4v) is 2.59. The summed E-state index contributed by atoms with van der Waals surface area (Å²) in [5.41, 5.74) is 5.73. The van der Waals surface area contributed by atoms with Gasteiger partial charge in [0.25, 0.3) is 0 Å². The van der Waals surface area contributed by atoms with Gasteiger partial charge in [0.15, 0.2) is 0 Å². The quantitative estimate of drug-likeness (QED) is 0.850. The number of ether oxygens (including phenoxy) is 1. The monoisotopic (exact) mass is 242 g/mol. The molecule has 1 atom stereocenters. The Hall–Kier alpha value is -0.720. The number of rotatable bonds is 3. The molecule has 2 rings (SSSR count). The van der Waals surface area contributed by atoms with Crippen LogP contribution < -0.4 is 10.6 Å². The van der Waals surface area contributed by atoms with E-state index in [-0.39, 0.29) is 6.04 Å². The van der Waals surface area contributed by atoms with Gasteiger partial charge in [0.1, 0.15) is 5.82 Å². The van der Waals surface area contributed by atoms with Gasteiger partial charge >= 0.3 is 0 Å². The predicted molar refractivity (Wildman–Crippen MR) is 65.0 cm³/mol. The summed E-state index contributed by atoms with van der Waals surface area (Å²) in [6, 6.07) is 0.238. The van der Waals surface area contributed by atoms with Crippen molar-refractivity contribution in [3.8, 4) is 0 Å². The Morgan fingerprint density at radius 3 is 3.06 bits per heavy atom. The first-order valence-electron chi connectivity index (χ1n) is 5.60. The minimum atomic E-state index is 0.238. The predicted octanol–water partition coefficient (Wildman–Crippen LogP) is 0.825. The van der Waals surface area contributed by atoms with Gasteiger partial charge < -0.3 is 15.4 Å². The molecule has 0 saturated carbocycles. The molecular weight excluding hydrogens is 224 g/mol. The maximum Gasteiger partial charge on any atom is 0.205 e. The number of hydrogen-bond acceptors (Lipinski definition) is 6. The van der Waals surface area contributed by atoms with E-state index in [0.717, 1.165) is 24.1 Å². The highest BCUT2D eigenvalue weighted by molar-refractivity contribution is 7.09. The third-order valence-corrected chi connectivity index (χ3v) is 3.46. The molecule has 0 spiro atoms. The van der Waals surface area contributed by atoms with Crippen molar-refractivity contribution in [3.63, 3.8) is 0 Å². The molecule has 90 valence electrons. The van der Waals surface area contributed by atoms with Gasteiger partial charge in [-0.05, 0) is 0 Å². The van der Waals surface area contributed by atoms with Gasteiger partial charge in [-0.25, -0.2) is 4.98 Å². The molecule has 6 heteroatoms. The van der Waals surface area contributed by atoms with Gasteiger partial charge in [0.2, 0.25) is 5.13 Å². The molecule has 1 unspecified atom stereocenters. The molecule has 0 amide bonds. The normalized spacial score (nSPS) is 21.8. The Labute approximate surface area is 99.8 Å². The zero-order chi connectivity index (χ0) is 11.5. The van der Waals surface area contributed by atoms with Crippen LogP contribution in [0.5, 0.6) is 0 Å². The van der Waals surface area contributed by atoms with E-state index in [1.807, 2.05) is 0 Å². The lowest BCUT2D eigenvalue weighted by Gasteiger charge is -2.34. The summed E-state index contributed by atoms with van der Waals surface area (Å²) in [5, 5.41) is 0.974. The lowest BCUT2D eigenvalue weighted by Crippen LogP contribution is -2.49. The van der Waals surface area contributed by atoms with Crippen molar-refractivity contribution in [2.75, 3.05) is 31.2 Å². The zero-order valence-corrected chi connectivity index (χ0v) is 10.5. The molecule has 0 aromatic carbocycles. The van der Waals surface area contributed by atoms with E-state index in [4.69, 9.17) is 10.5 Å². The van der Waals surface area contributed by atoms with Gasteiger partial charge in [0, 0.05) is 30.5 Å². The number of nitrogens with zero attached hydrogens (tertiary/aromatic N) is 3. The van der Waals surface area contributed by atoms with E-state index in [0.29, 0.717) is 19.1 Å². The van der Waals surface area contributed by atoms with E-state index >= 15 is 0 Å². The van der Waals surface area contributed by atoms with Crippen molar-refractivity contribution in [1.82, 2.24) is 9.36 Å². The van der Waals surface area contributed by atoms with E-state index < -0.39 is 0 Å². The Balaban J connectivity index is 2.14. The van der Waals surface area contributed by atoms with Crippen LogP contribution in [-0.4, -0.2) is 41.7 Å². The molecule has 1 fully saturated rings. The molecule has 1 aromatic rings. The van der Waals surface area contributed by atoms with Crippen molar-refractivity contribution in [2.24, 2.45) is 5.73 Å². The highest BCUT2D eigenvalue weighted by atomic mass is 32.1. The third kappa shape index (κ3) is 2.34. The molecule has 0 aliphatic carbocycles. The molecule has 1 saturated heterocycles. The van der Waals surface area contributed by atoms with Gasteiger partial charge in [-0.1, -0.05) is 13.8 Å². The van der Waals surface area contributed by atoms with Crippen molar-refractivity contribution < 1.29 is 4.74 Å². The molecule has 0 radical (unpaired) electrons. The van der Waals surface area contributed by atoms with Crippen LogP contribution in [0.4, 0.5) is 5.13 Å². The number of morpholine rings is 1. The summed E-state index contributed by atoms with van der Waals surface area (Å²) in [6.07, 6.45) is 0. The summed E-state index contributed by atoms with van der Waals surface area (Å²) in [6.45, 7) is 7.09. The molecular formula is C10H18N4OS. The van der Waals surface area contributed by atoms with Gasteiger partial charge in [0.05, 0.1) is 19.3 Å². The van der Waals surface area contributed by atoms with Crippen LogP contribution in [0.25, 0.3) is 0 Å². The average Bonchev–Trinajstić information content (AvgIpc) is 2.78. The second-order valence-electron chi connectivity index (χ2n) is 4.25. The molecule has 1 aromatic heterocycles. The summed E-state index contributed by atoms with van der Waals surface area (Å²) in [7, 11) is 0. The number of nitrogens with two attached hydrogens (primary N) is 1. The Kier molecular flexibility index (Phi) is 3.73. The van der Waals surface area contributed by atoms with Crippen LogP contribution in [0.3, 0.4) is 0 Å². The third-order valence-electron chi connectivity index (χ3n) is 2.69. The Morgan fingerprint density at radius 1 is 1.62 bits per heavy atom. The molecule has 1 aliphatic rings. The van der Waals surface area contributed by atoms with Crippen LogP contribution in [0.1, 0.15) is 25.6 Å². The standard InChI is InChI=1S/C10H18N4OS/c1-7(2)9-12-10(16-13-9)14-3-4-15-6-8(14)5-11/h7-8H,3-6,11H2,1-2H3. The van der Waals surface area contributed by atoms with Gasteiger partial charge in [-0.3, -0.25) is 0 Å². The molecule has 0 bridgehead atoms. The largest absolute Gasteiger partial charge is 0.377 e. The number of hydrogen-bond donors (Lipinski definition) is 1. The fourth-order valence-electron chi connectivity index (χ4n) is 1.68. The van der Waals surface area contributed by atoms with Crippen molar-refractivity contribution in [1.29, 1.82) is 0 Å². The Bertz CT molecular complexity index is 341. The van der Waals surface area contributed by atoms with E-state index in [1.165, 1.54) is 11.5 Å². The Morgan fingerprint density at radius 2 is 2.44 bits per heavy atom. The van der Waals surface area contributed by atoms with Crippen molar-refractivity contribution in [2.45, 2.75) is 25.8 Å². The topological polar surface area (TPSA) is 64.3 Å². The fraction of sp³-hybridized carbons (Fsp3) is 0.800. The van der Waals surface area contributed by atoms with Gasteiger partial charge in [-0.15, -0.1) is 0 Å². The minimum absolute atomic E-state index is 0.238. The molecule has 5 nitrogen and oxygen atoms in total. The summed E-state index contributed by atoms with van der Waals surface area (Å²) in [4.78, 5) is 6.77. The van der Waals surface area contributed by atoms with Crippen LogP contribution in [0.2, 0.25) is 0 Å². The molecule has 1 aliphatic heterocycles. The molecule has 16 heavy (non-hydrogen) atoms. The second kappa shape index (κ2) is 5.07. The van der Waals surface area contributed by atoms with Crippen LogP contribution in [-0.2, 0) is 4.74 Å². The molecule has 2 N–H and O–H groups in total. The van der Waals surface area contributed by atoms with Gasteiger partial charge in [-0.2, -0.15) is 4.37 Å². The van der Waals surface area contributed by atoms with E-state index in [2.05, 4.69) is 28.1 Å². The average molecular weight is 242 g/mol. The van der Waals surface area contributed by atoms with Crippen LogP contribution >= 0.6 is 11.5 Å². The molecule has 2 heterocycles. The highest BCUT2D eigenvalue weighted by Gasteiger charge is 2.25.